The van der Waals surface area contributed by atoms with Gasteiger partial charge < -0.3 is 1.43 Å². The van der Waals surface area contributed by atoms with E-state index in [2.05, 4.69) is 38.2 Å². The molecule has 0 radical (unpaired) electrons. The number of rotatable bonds is 2. The first-order valence-electron chi connectivity index (χ1n) is 4.68. The molecule has 0 aliphatic heterocycles. The molecule has 2 rings (SSSR count). The largest absolute Gasteiger partial charge is 1.00 e. The van der Waals surface area contributed by atoms with Crippen LogP contribution < -0.4 is 0 Å². The molecule has 0 saturated heterocycles. The van der Waals surface area contributed by atoms with E-state index in [4.69, 9.17) is 0 Å². The van der Waals surface area contributed by atoms with E-state index < -0.39 is 0 Å². The van der Waals surface area contributed by atoms with Gasteiger partial charge in [-0.05, 0) is 0 Å². The van der Waals surface area contributed by atoms with Gasteiger partial charge in [0.05, 0.1) is 0 Å². The first kappa shape index (κ1) is 9.84. The summed E-state index contributed by atoms with van der Waals surface area (Å²) in [5.41, 5.74) is 3.11. The van der Waals surface area contributed by atoms with Gasteiger partial charge in [-0.25, -0.2) is 0 Å². The summed E-state index contributed by atoms with van der Waals surface area (Å²) in [6.45, 7) is 4.52. The minimum atomic E-state index is -0.354. The number of hydrogen-bond acceptors (Lipinski definition) is 0. The maximum absolute atomic E-state index is 2.31. The molecule has 13 heavy (non-hydrogen) atoms. The molecule has 69 valence electrons. The normalized spacial score (nSPS) is 20.8. The summed E-state index contributed by atoms with van der Waals surface area (Å²) in [6, 6.07) is 0. The van der Waals surface area contributed by atoms with Crippen LogP contribution in [0.2, 0.25) is 0 Å². The molecule has 0 nitrogen and oxygen atoms in total. The Kier molecular flexibility index (Phi) is 3.19. The molecular weight excluding hydrogens is 294 g/mol. The molecule has 0 aromatic carbocycles. The SMILES string of the molecule is CC1=[C]([Sm+][C]2=C(C)C=CC2)CC=C1.[H-]. The molecule has 2 aliphatic rings. The van der Waals surface area contributed by atoms with E-state index in [0.717, 1.165) is 0 Å². The van der Waals surface area contributed by atoms with Crippen LogP contribution in [0.3, 0.4) is 0 Å². The third-order valence-electron chi connectivity index (χ3n) is 2.47. The number of hydrogen-bond donors (Lipinski definition) is 0. The van der Waals surface area contributed by atoms with Crippen molar-refractivity contribution in [2.45, 2.75) is 26.7 Å². The van der Waals surface area contributed by atoms with Crippen molar-refractivity contribution in [2.75, 3.05) is 0 Å². The van der Waals surface area contributed by atoms with Gasteiger partial charge in [-0.3, -0.25) is 0 Å². The van der Waals surface area contributed by atoms with Gasteiger partial charge >= 0.3 is 101 Å². The Hall–Kier alpha value is 0.298. The second-order valence-corrected chi connectivity index (χ2v) is 7.34. The zero-order valence-electron chi connectivity index (χ0n) is 9.13. The molecule has 0 unspecified atom stereocenters. The van der Waals surface area contributed by atoms with Crippen molar-refractivity contribution < 1.29 is 37.7 Å². The van der Waals surface area contributed by atoms with Gasteiger partial charge in [0.25, 0.3) is 0 Å². The van der Waals surface area contributed by atoms with Crippen LogP contribution in [0.15, 0.2) is 38.0 Å². The Morgan fingerprint density at radius 2 is 1.46 bits per heavy atom. The average Bonchev–Trinajstić information content (AvgIpc) is 2.65. The molecule has 0 aromatic rings. The standard InChI is InChI=1S/2C6H7.Sm.H/c2*1-6-4-2-3-5-6;;/h2*2,4H,3H2,1H3;;/q;;+1;-1. The molecule has 0 atom stereocenters. The summed E-state index contributed by atoms with van der Waals surface area (Å²) in [7, 11) is 0. The summed E-state index contributed by atoms with van der Waals surface area (Å²) in [4.78, 5) is 0. The van der Waals surface area contributed by atoms with Crippen molar-refractivity contribution in [1.29, 1.82) is 0 Å². The van der Waals surface area contributed by atoms with E-state index in [1.165, 1.54) is 12.8 Å². The predicted octanol–water partition coefficient (Wildman–Crippen LogP) is 3.65. The first-order valence-corrected chi connectivity index (χ1v) is 7.30. The Balaban J connectivity index is 0.000000980. The monoisotopic (exact) mass is 311 g/mol. The fourth-order valence-corrected chi connectivity index (χ4v) is 5.16. The van der Waals surface area contributed by atoms with Crippen LogP contribution >= 0.6 is 0 Å². The molecule has 0 spiro atoms. The second kappa shape index (κ2) is 4.21. The molecule has 0 saturated carbocycles. The van der Waals surface area contributed by atoms with Crippen molar-refractivity contribution in [3.05, 3.63) is 38.0 Å². The third-order valence-corrected chi connectivity index (χ3v) is 7.18. The zero-order valence-corrected chi connectivity index (χ0v) is 10.8. The second-order valence-electron chi connectivity index (χ2n) is 3.53. The third kappa shape index (κ3) is 2.21. The zero-order chi connectivity index (χ0) is 9.26. The molecule has 0 bridgehead atoms. The Morgan fingerprint density at radius 3 is 1.77 bits per heavy atom. The topological polar surface area (TPSA) is 0 Å². The first-order chi connectivity index (χ1) is 6.27. The van der Waals surface area contributed by atoms with Crippen LogP contribution in [0.4, 0.5) is 0 Å². The van der Waals surface area contributed by atoms with E-state index in [1.807, 2.05) is 0 Å². The van der Waals surface area contributed by atoms with Crippen molar-refractivity contribution >= 4 is 0 Å². The maximum Gasteiger partial charge on any atom is -1.00 e. The maximum atomic E-state index is 2.31. The van der Waals surface area contributed by atoms with Crippen LogP contribution in [-0.4, -0.2) is 0 Å². The Morgan fingerprint density at radius 1 is 1.00 bits per heavy atom. The van der Waals surface area contributed by atoms with Gasteiger partial charge in [0.1, 0.15) is 0 Å². The fourth-order valence-electron chi connectivity index (χ4n) is 1.59. The van der Waals surface area contributed by atoms with E-state index in [9.17, 15) is 0 Å². The minimum Gasteiger partial charge on any atom is -1.00 e. The van der Waals surface area contributed by atoms with Crippen molar-refractivity contribution in [3.8, 4) is 0 Å². The van der Waals surface area contributed by atoms with E-state index in [1.54, 1.807) is 13.7 Å². The molecule has 0 heterocycles. The number of allylic oxidation sites excluding steroid dienone is 8. The quantitative estimate of drug-likeness (QED) is 0.730. The van der Waals surface area contributed by atoms with E-state index in [0.29, 0.717) is 0 Å². The van der Waals surface area contributed by atoms with Crippen LogP contribution in [-0.2, 0) is 0 Å². The van der Waals surface area contributed by atoms with Gasteiger partial charge in [0, 0.05) is 0 Å². The Labute approximate surface area is 101 Å². The van der Waals surface area contributed by atoms with Crippen molar-refractivity contribution in [2.24, 2.45) is 0 Å². The molecule has 1 heteroatoms. The molecule has 2 aliphatic carbocycles. The molecular formula is C12H15Sm. The summed E-state index contributed by atoms with van der Waals surface area (Å²) in [6.07, 6.45) is 11.7. The van der Waals surface area contributed by atoms with E-state index >= 15 is 0 Å². The van der Waals surface area contributed by atoms with Gasteiger partial charge in [-0.2, -0.15) is 0 Å². The summed E-state index contributed by atoms with van der Waals surface area (Å²) < 4.78 is 3.55. The van der Waals surface area contributed by atoms with Crippen molar-refractivity contribution in [1.82, 2.24) is 0 Å². The molecule has 0 aromatic heterocycles. The fraction of sp³-hybridized carbons (Fsp3) is 0.333. The van der Waals surface area contributed by atoms with E-state index in [-0.39, 0.29) is 37.7 Å². The summed E-state index contributed by atoms with van der Waals surface area (Å²) >= 11 is -0.354. The summed E-state index contributed by atoms with van der Waals surface area (Å²) in [5.74, 6) is 0. The van der Waals surface area contributed by atoms with Gasteiger partial charge in [0.2, 0.25) is 0 Å². The molecule has 0 N–H and O–H groups in total. The molecule has 0 amide bonds. The van der Waals surface area contributed by atoms with Gasteiger partial charge in [-0.15, -0.1) is 0 Å². The van der Waals surface area contributed by atoms with Crippen LogP contribution in [0.1, 0.15) is 28.1 Å². The van der Waals surface area contributed by atoms with Crippen LogP contribution in [0.5, 0.6) is 0 Å². The molecule has 0 fully saturated rings. The smallest absolute Gasteiger partial charge is 1.00 e. The Bertz CT molecular complexity index is 311. The van der Waals surface area contributed by atoms with Gasteiger partial charge in [0.15, 0.2) is 0 Å². The minimum absolute atomic E-state index is 0. The summed E-state index contributed by atoms with van der Waals surface area (Å²) in [5, 5.41) is 0. The van der Waals surface area contributed by atoms with Crippen LogP contribution in [0.25, 0.3) is 0 Å². The van der Waals surface area contributed by atoms with Crippen LogP contribution in [0, 0.1) is 36.3 Å². The predicted molar refractivity (Wildman–Crippen MR) is 54.0 cm³/mol. The van der Waals surface area contributed by atoms with Gasteiger partial charge in [-0.1, -0.05) is 0 Å². The average molecular weight is 310 g/mol. The van der Waals surface area contributed by atoms with Crippen molar-refractivity contribution in [3.63, 3.8) is 0 Å².